The lowest BCUT2D eigenvalue weighted by molar-refractivity contribution is -0.286. The summed E-state index contributed by atoms with van der Waals surface area (Å²) in [5.74, 6) is 0.424. The number of imidazole rings is 1. The summed E-state index contributed by atoms with van der Waals surface area (Å²) in [6.45, 7) is 1.30. The third-order valence-electron chi connectivity index (χ3n) is 7.69. The van der Waals surface area contributed by atoms with Crippen molar-refractivity contribution in [3.05, 3.63) is 77.4 Å². The number of alkyl halides is 2. The van der Waals surface area contributed by atoms with Gasteiger partial charge in [0, 0.05) is 23.2 Å². The maximum absolute atomic E-state index is 13.8. The molecular formula is C29H28F2N4O6S. The fourth-order valence-corrected chi connectivity index (χ4v) is 5.98. The van der Waals surface area contributed by atoms with E-state index in [2.05, 4.69) is 15.0 Å². The van der Waals surface area contributed by atoms with Gasteiger partial charge in [-0.3, -0.25) is 9.78 Å². The van der Waals surface area contributed by atoms with Gasteiger partial charge >= 0.3 is 6.29 Å². The van der Waals surface area contributed by atoms with Crippen LogP contribution in [-0.4, -0.2) is 52.6 Å². The summed E-state index contributed by atoms with van der Waals surface area (Å²) in [7, 11) is -3.44. The zero-order valence-electron chi connectivity index (χ0n) is 22.6. The van der Waals surface area contributed by atoms with Gasteiger partial charge in [-0.1, -0.05) is 25.5 Å². The molecule has 4 aromatic rings. The predicted molar refractivity (Wildman–Crippen MR) is 147 cm³/mol. The van der Waals surface area contributed by atoms with E-state index in [1.807, 2.05) is 4.57 Å². The summed E-state index contributed by atoms with van der Waals surface area (Å²) in [6, 6.07) is 11.8. The van der Waals surface area contributed by atoms with Gasteiger partial charge in [-0.05, 0) is 49.2 Å². The van der Waals surface area contributed by atoms with Crippen molar-refractivity contribution >= 4 is 26.8 Å². The van der Waals surface area contributed by atoms with Crippen molar-refractivity contribution in [2.75, 3.05) is 12.4 Å². The average molecular weight is 599 g/mol. The molecule has 13 heteroatoms. The fraction of sp³-hybridized carbons (Fsp3) is 0.345. The number of pyridine rings is 1. The number of halogens is 2. The van der Waals surface area contributed by atoms with Gasteiger partial charge in [-0.15, -0.1) is 8.78 Å². The van der Waals surface area contributed by atoms with E-state index in [-0.39, 0.29) is 34.6 Å². The van der Waals surface area contributed by atoms with Crippen molar-refractivity contribution in [3.63, 3.8) is 0 Å². The Hall–Kier alpha value is -4.10. The topological polar surface area (TPSA) is 133 Å². The lowest BCUT2D eigenvalue weighted by Gasteiger charge is -2.25. The molecule has 2 N–H and O–H groups in total. The minimum atomic E-state index is -3.73. The number of para-hydroxylation sites is 1. The van der Waals surface area contributed by atoms with Gasteiger partial charge in [0.05, 0.1) is 46.6 Å². The summed E-state index contributed by atoms with van der Waals surface area (Å²) in [6.07, 6.45) is 0.443. The molecule has 1 atom stereocenters. The maximum atomic E-state index is 13.8. The van der Waals surface area contributed by atoms with E-state index in [0.29, 0.717) is 22.3 Å². The highest BCUT2D eigenvalue weighted by molar-refractivity contribution is 7.91. The Morgan fingerprint density at radius 1 is 1.19 bits per heavy atom. The Labute approximate surface area is 240 Å². The zero-order valence-corrected chi connectivity index (χ0v) is 23.4. The second-order valence-electron chi connectivity index (χ2n) is 10.3. The van der Waals surface area contributed by atoms with E-state index in [4.69, 9.17) is 9.72 Å². The monoisotopic (exact) mass is 598 g/mol. The highest BCUT2D eigenvalue weighted by Gasteiger charge is 2.44. The first-order valence-corrected chi connectivity index (χ1v) is 15.2. The first-order valence-electron chi connectivity index (χ1n) is 13.6. The van der Waals surface area contributed by atoms with E-state index in [9.17, 15) is 27.1 Å². The van der Waals surface area contributed by atoms with Crippen LogP contribution in [0.1, 0.15) is 65.6 Å². The second kappa shape index (κ2) is 10.6. The summed E-state index contributed by atoms with van der Waals surface area (Å²) >= 11 is 0. The molecule has 10 nitrogen and oxygen atoms in total. The molecule has 2 aromatic heterocycles. The highest BCUT2D eigenvalue weighted by atomic mass is 32.2. The van der Waals surface area contributed by atoms with Crippen LogP contribution in [0.5, 0.6) is 11.5 Å². The normalized spacial score (nSPS) is 16.8. The molecular weight excluding hydrogens is 570 g/mol. The first-order chi connectivity index (χ1) is 20.1. The number of aromatic nitrogens is 3. The number of carbonyl (C=O) groups excluding carboxylic acids is 1. The highest BCUT2D eigenvalue weighted by Crippen LogP contribution is 2.44. The lowest BCUT2D eigenvalue weighted by Crippen LogP contribution is -2.31. The molecule has 2 aromatic carbocycles. The van der Waals surface area contributed by atoms with E-state index < -0.39 is 34.7 Å². The standard InChI is InChI=1S/C29H28F2N4O6S/c1-2-42(38,39)20-10-11-21(32-14-20)23(16-36)34-28(37)18-9-12-24-22(13-18)33-27(17-5-3-6-17)35(24)15-19-7-4-8-25-26(19)41-29(30,31)40-25/h4,7-14,17,23,36H,2-3,5-6,15-16H2,1H3,(H,34,37). The van der Waals surface area contributed by atoms with Crippen LogP contribution in [0.4, 0.5) is 8.78 Å². The molecule has 0 spiro atoms. The van der Waals surface area contributed by atoms with Crippen LogP contribution < -0.4 is 14.8 Å². The van der Waals surface area contributed by atoms with E-state index in [1.165, 1.54) is 31.3 Å². The van der Waals surface area contributed by atoms with Gasteiger partial charge in [-0.2, -0.15) is 0 Å². The molecule has 0 radical (unpaired) electrons. The summed E-state index contributed by atoms with van der Waals surface area (Å²) in [5, 5.41) is 12.7. The number of fused-ring (bicyclic) bond motifs is 2. The second-order valence-corrected chi connectivity index (χ2v) is 12.6. The number of benzene rings is 2. The van der Waals surface area contributed by atoms with Crippen LogP contribution in [0.3, 0.4) is 0 Å². The minimum Gasteiger partial charge on any atom is -0.395 e. The quantitative estimate of drug-likeness (QED) is 0.291. The lowest BCUT2D eigenvalue weighted by atomic mass is 9.85. The number of amides is 1. The maximum Gasteiger partial charge on any atom is 0.586 e. The summed E-state index contributed by atoms with van der Waals surface area (Å²) in [4.78, 5) is 22.2. The Kier molecular flexibility index (Phi) is 7.09. The van der Waals surface area contributed by atoms with Crippen molar-refractivity contribution in [1.82, 2.24) is 19.9 Å². The molecule has 1 amide bonds. The number of hydrogen-bond donors (Lipinski definition) is 2. The number of aliphatic hydroxyl groups is 1. The van der Waals surface area contributed by atoms with Crippen molar-refractivity contribution in [1.29, 1.82) is 0 Å². The minimum absolute atomic E-state index is 0.0103. The SMILES string of the molecule is CCS(=O)(=O)c1ccc(C(CO)NC(=O)c2ccc3c(c2)nc(C2CCC2)n3Cc2cccc3c2OC(F)(F)O3)nc1. The molecule has 6 rings (SSSR count). The average Bonchev–Trinajstić information content (AvgIpc) is 3.46. The molecule has 1 fully saturated rings. The van der Waals surface area contributed by atoms with Gasteiger partial charge in [0.2, 0.25) is 0 Å². The number of rotatable bonds is 9. The van der Waals surface area contributed by atoms with Gasteiger partial charge in [0.1, 0.15) is 5.82 Å². The summed E-state index contributed by atoms with van der Waals surface area (Å²) < 4.78 is 63.1. The van der Waals surface area contributed by atoms with E-state index in [0.717, 1.165) is 30.6 Å². The smallest absolute Gasteiger partial charge is 0.395 e. The first kappa shape index (κ1) is 28.0. The number of aliphatic hydroxyl groups excluding tert-OH is 1. The zero-order chi connectivity index (χ0) is 29.6. The van der Waals surface area contributed by atoms with Gasteiger partial charge in [-0.25, -0.2) is 13.4 Å². The third kappa shape index (κ3) is 5.18. The number of carbonyl (C=O) groups is 1. The summed E-state index contributed by atoms with van der Waals surface area (Å²) in [5.41, 5.74) is 2.42. The van der Waals surface area contributed by atoms with Crippen LogP contribution in [0.25, 0.3) is 11.0 Å². The van der Waals surface area contributed by atoms with Crippen molar-refractivity contribution in [2.24, 2.45) is 0 Å². The Bertz CT molecular complexity index is 1770. The van der Waals surface area contributed by atoms with Crippen molar-refractivity contribution < 1.29 is 36.6 Å². The largest absolute Gasteiger partial charge is 0.586 e. The Morgan fingerprint density at radius 2 is 2.00 bits per heavy atom. The van der Waals surface area contributed by atoms with E-state index in [1.54, 1.807) is 30.3 Å². The third-order valence-corrected chi connectivity index (χ3v) is 9.41. The number of ether oxygens (including phenoxy) is 2. The molecule has 0 saturated heterocycles. The predicted octanol–water partition coefficient (Wildman–Crippen LogP) is 4.33. The van der Waals surface area contributed by atoms with Crippen molar-refractivity contribution in [2.45, 2.75) is 55.9 Å². The van der Waals surface area contributed by atoms with Crippen molar-refractivity contribution in [3.8, 4) is 11.5 Å². The molecule has 2 aliphatic rings. The fourth-order valence-electron chi connectivity index (χ4n) is 5.16. The molecule has 1 saturated carbocycles. The molecule has 1 aliphatic carbocycles. The Morgan fingerprint density at radius 3 is 2.67 bits per heavy atom. The number of hydrogen-bond acceptors (Lipinski definition) is 8. The van der Waals surface area contributed by atoms with Crippen LogP contribution in [0.15, 0.2) is 59.6 Å². The van der Waals surface area contributed by atoms with Gasteiger partial charge in [0.25, 0.3) is 5.91 Å². The van der Waals surface area contributed by atoms with Crippen LogP contribution in [0.2, 0.25) is 0 Å². The Balaban J connectivity index is 1.28. The number of sulfone groups is 1. The van der Waals surface area contributed by atoms with Crippen LogP contribution in [-0.2, 0) is 16.4 Å². The molecule has 3 heterocycles. The van der Waals surface area contributed by atoms with Gasteiger partial charge in [0.15, 0.2) is 21.3 Å². The molecule has 1 aliphatic heterocycles. The molecule has 42 heavy (non-hydrogen) atoms. The van der Waals surface area contributed by atoms with Gasteiger partial charge < -0.3 is 24.5 Å². The number of nitrogens with one attached hydrogen (secondary N) is 1. The van der Waals surface area contributed by atoms with Crippen LogP contribution >= 0.6 is 0 Å². The van der Waals surface area contributed by atoms with E-state index >= 15 is 0 Å². The number of nitrogens with zero attached hydrogens (tertiary/aromatic N) is 3. The molecule has 1 unspecified atom stereocenters. The molecule has 0 bridgehead atoms. The van der Waals surface area contributed by atoms with Crippen LogP contribution in [0, 0.1) is 0 Å². The molecule has 220 valence electrons.